The van der Waals surface area contributed by atoms with Gasteiger partial charge in [0.05, 0.1) is 6.04 Å². The zero-order chi connectivity index (χ0) is 21.4. The molecule has 28 heavy (non-hydrogen) atoms. The first-order chi connectivity index (χ1) is 13.0. The Bertz CT molecular complexity index is 617. The molecule has 0 aromatic heterocycles. The first-order valence-electron chi connectivity index (χ1n) is 9.99. The van der Waals surface area contributed by atoms with Gasteiger partial charge in [-0.2, -0.15) is 0 Å². The van der Waals surface area contributed by atoms with E-state index in [4.69, 9.17) is 0 Å². The lowest BCUT2D eigenvalue weighted by Gasteiger charge is -2.23. The topological polar surface area (TPSA) is 113 Å². The standard InChI is InChI=1S/C20H33N3O5/c1-12(2)18(19(27)21-14(4)15(5)24)22-16(25)9-7-6-8-10-23-17(26)11-13(3)20(23)28/h12-14,18H,6-11H2,1-5H3,(H,21,27)(H,22,25)/t13?,14-,18-/m0/s1. The highest BCUT2D eigenvalue weighted by Crippen LogP contribution is 2.19. The highest BCUT2D eigenvalue weighted by atomic mass is 16.2. The number of ketones is 1. The van der Waals surface area contributed by atoms with Gasteiger partial charge in [-0.25, -0.2) is 0 Å². The second kappa shape index (κ2) is 10.9. The highest BCUT2D eigenvalue weighted by molar-refractivity contribution is 6.03. The Labute approximate surface area is 166 Å². The molecule has 3 atom stereocenters. The van der Waals surface area contributed by atoms with E-state index in [1.165, 1.54) is 11.8 Å². The molecule has 0 aromatic rings. The molecule has 2 N–H and O–H groups in total. The molecule has 0 bridgehead atoms. The lowest BCUT2D eigenvalue weighted by atomic mass is 10.0. The molecule has 0 aliphatic carbocycles. The molecule has 1 aliphatic heterocycles. The molecule has 8 heteroatoms. The van der Waals surface area contributed by atoms with Crippen LogP contribution in [0.5, 0.6) is 0 Å². The first-order valence-corrected chi connectivity index (χ1v) is 9.99. The van der Waals surface area contributed by atoms with Gasteiger partial charge in [-0.1, -0.05) is 27.2 Å². The molecular formula is C20H33N3O5. The normalized spacial score (nSPS) is 18.9. The molecule has 0 aromatic carbocycles. The Hall–Kier alpha value is -2.25. The van der Waals surface area contributed by atoms with Crippen LogP contribution in [0.2, 0.25) is 0 Å². The second-order valence-corrected chi connectivity index (χ2v) is 7.93. The smallest absolute Gasteiger partial charge is 0.243 e. The molecule has 1 unspecified atom stereocenters. The van der Waals surface area contributed by atoms with Gasteiger partial charge in [-0.3, -0.25) is 28.9 Å². The average molecular weight is 396 g/mol. The van der Waals surface area contributed by atoms with E-state index in [-0.39, 0.29) is 54.1 Å². The van der Waals surface area contributed by atoms with Crippen LogP contribution in [-0.2, 0) is 24.0 Å². The number of imide groups is 1. The Kier molecular flexibility index (Phi) is 9.28. The number of carbonyl (C=O) groups excluding carboxylic acids is 5. The molecule has 4 amide bonds. The van der Waals surface area contributed by atoms with E-state index in [0.29, 0.717) is 25.8 Å². The maximum absolute atomic E-state index is 12.3. The molecule has 0 radical (unpaired) electrons. The minimum absolute atomic E-state index is 0.114. The molecule has 0 saturated carbocycles. The Morgan fingerprint density at radius 2 is 1.71 bits per heavy atom. The molecule has 158 valence electrons. The Balaban J connectivity index is 2.35. The van der Waals surface area contributed by atoms with Crippen molar-refractivity contribution in [1.29, 1.82) is 0 Å². The first kappa shape index (κ1) is 23.8. The van der Waals surface area contributed by atoms with Crippen LogP contribution >= 0.6 is 0 Å². The van der Waals surface area contributed by atoms with Crippen molar-refractivity contribution >= 4 is 29.4 Å². The number of Topliss-reactive ketones (excluding diaryl/α,β-unsaturated/α-hetero) is 1. The maximum atomic E-state index is 12.3. The molecule has 1 fully saturated rings. The van der Waals surface area contributed by atoms with E-state index < -0.39 is 12.1 Å². The van der Waals surface area contributed by atoms with E-state index in [2.05, 4.69) is 10.6 Å². The molecular weight excluding hydrogens is 362 g/mol. The number of amides is 4. The zero-order valence-electron chi connectivity index (χ0n) is 17.5. The summed E-state index contributed by atoms with van der Waals surface area (Å²) in [5.41, 5.74) is 0. The van der Waals surface area contributed by atoms with Crippen LogP contribution in [0.1, 0.15) is 66.7 Å². The van der Waals surface area contributed by atoms with Crippen molar-refractivity contribution in [2.24, 2.45) is 11.8 Å². The van der Waals surface area contributed by atoms with Crippen molar-refractivity contribution in [2.45, 2.75) is 78.8 Å². The maximum Gasteiger partial charge on any atom is 0.243 e. The minimum atomic E-state index is -0.698. The summed E-state index contributed by atoms with van der Waals surface area (Å²) in [6, 6.07) is -1.29. The van der Waals surface area contributed by atoms with Crippen LogP contribution in [-0.4, -0.2) is 52.9 Å². The van der Waals surface area contributed by atoms with Crippen molar-refractivity contribution in [3.05, 3.63) is 0 Å². The van der Waals surface area contributed by atoms with Crippen molar-refractivity contribution in [1.82, 2.24) is 15.5 Å². The molecule has 1 saturated heterocycles. The van der Waals surface area contributed by atoms with Gasteiger partial charge >= 0.3 is 0 Å². The van der Waals surface area contributed by atoms with E-state index >= 15 is 0 Å². The third-order valence-corrected chi connectivity index (χ3v) is 4.99. The van der Waals surface area contributed by atoms with Gasteiger partial charge in [0.25, 0.3) is 0 Å². The van der Waals surface area contributed by atoms with Crippen LogP contribution < -0.4 is 10.6 Å². The van der Waals surface area contributed by atoms with Gasteiger partial charge in [0.15, 0.2) is 5.78 Å². The number of rotatable bonds is 11. The van der Waals surface area contributed by atoms with Crippen molar-refractivity contribution in [3.8, 4) is 0 Å². The molecule has 8 nitrogen and oxygen atoms in total. The number of hydrogen-bond donors (Lipinski definition) is 2. The van der Waals surface area contributed by atoms with Gasteiger partial charge < -0.3 is 10.6 Å². The van der Waals surface area contributed by atoms with Gasteiger partial charge in [0, 0.05) is 25.3 Å². The van der Waals surface area contributed by atoms with Crippen molar-refractivity contribution in [3.63, 3.8) is 0 Å². The Morgan fingerprint density at radius 3 is 2.21 bits per heavy atom. The summed E-state index contributed by atoms with van der Waals surface area (Å²) in [5.74, 6) is -1.33. The number of likely N-dealkylation sites (tertiary alicyclic amines) is 1. The predicted molar refractivity (Wildman–Crippen MR) is 104 cm³/mol. The largest absolute Gasteiger partial charge is 0.345 e. The summed E-state index contributed by atoms with van der Waals surface area (Å²) < 4.78 is 0. The summed E-state index contributed by atoms with van der Waals surface area (Å²) in [6.45, 7) is 8.81. The minimum Gasteiger partial charge on any atom is -0.345 e. The Morgan fingerprint density at radius 1 is 1.07 bits per heavy atom. The molecule has 0 spiro atoms. The van der Waals surface area contributed by atoms with E-state index in [9.17, 15) is 24.0 Å². The van der Waals surface area contributed by atoms with Crippen LogP contribution in [0, 0.1) is 11.8 Å². The third kappa shape index (κ3) is 7.05. The van der Waals surface area contributed by atoms with Gasteiger partial charge in [-0.05, 0) is 32.6 Å². The summed E-state index contributed by atoms with van der Waals surface area (Å²) in [4.78, 5) is 60.6. The van der Waals surface area contributed by atoms with Gasteiger partial charge in [0.2, 0.25) is 23.6 Å². The van der Waals surface area contributed by atoms with Crippen LogP contribution in [0.25, 0.3) is 0 Å². The van der Waals surface area contributed by atoms with Crippen LogP contribution in [0.3, 0.4) is 0 Å². The van der Waals surface area contributed by atoms with E-state index in [1.54, 1.807) is 13.8 Å². The number of nitrogens with one attached hydrogen (secondary N) is 2. The molecule has 1 aliphatic rings. The summed E-state index contributed by atoms with van der Waals surface area (Å²) in [7, 11) is 0. The molecule has 1 rings (SSSR count). The number of hydrogen-bond acceptors (Lipinski definition) is 5. The van der Waals surface area contributed by atoms with Gasteiger partial charge in [-0.15, -0.1) is 0 Å². The summed E-state index contributed by atoms with van der Waals surface area (Å²) >= 11 is 0. The average Bonchev–Trinajstić information content (AvgIpc) is 2.84. The highest BCUT2D eigenvalue weighted by Gasteiger charge is 2.34. The predicted octanol–water partition coefficient (Wildman–Crippen LogP) is 1.18. The quantitative estimate of drug-likeness (QED) is 0.403. The van der Waals surface area contributed by atoms with E-state index in [0.717, 1.165) is 0 Å². The lowest BCUT2D eigenvalue weighted by Crippen LogP contribution is -2.52. The van der Waals surface area contributed by atoms with Crippen molar-refractivity contribution in [2.75, 3.05) is 6.54 Å². The number of unbranched alkanes of at least 4 members (excludes halogenated alkanes) is 2. The van der Waals surface area contributed by atoms with E-state index in [1.807, 2.05) is 13.8 Å². The number of nitrogens with zero attached hydrogens (tertiary/aromatic N) is 1. The lowest BCUT2D eigenvalue weighted by molar-refractivity contribution is -0.139. The third-order valence-electron chi connectivity index (χ3n) is 4.99. The van der Waals surface area contributed by atoms with Crippen LogP contribution in [0.15, 0.2) is 0 Å². The fourth-order valence-corrected chi connectivity index (χ4v) is 3.00. The van der Waals surface area contributed by atoms with Crippen molar-refractivity contribution < 1.29 is 24.0 Å². The SMILES string of the molecule is CC(=O)[C@H](C)NC(=O)[C@@H](NC(=O)CCCCCN1C(=O)CC(C)C1=O)C(C)C. The summed E-state index contributed by atoms with van der Waals surface area (Å²) in [6.07, 6.45) is 2.51. The number of carbonyl (C=O) groups is 5. The molecule has 1 heterocycles. The van der Waals surface area contributed by atoms with Gasteiger partial charge in [0.1, 0.15) is 6.04 Å². The summed E-state index contributed by atoms with van der Waals surface area (Å²) in [5, 5.41) is 5.34. The zero-order valence-corrected chi connectivity index (χ0v) is 17.5. The second-order valence-electron chi connectivity index (χ2n) is 7.93. The van der Waals surface area contributed by atoms with Crippen LogP contribution in [0.4, 0.5) is 0 Å². The fourth-order valence-electron chi connectivity index (χ4n) is 3.00. The monoisotopic (exact) mass is 395 g/mol. The fraction of sp³-hybridized carbons (Fsp3) is 0.750.